The Morgan fingerprint density at radius 3 is 1.35 bits per heavy atom. The summed E-state index contributed by atoms with van der Waals surface area (Å²) in [4.78, 5) is 229. The van der Waals surface area contributed by atoms with Crippen molar-refractivity contribution in [3.05, 3.63) is 106 Å². The monoisotopic (exact) mass is 1610 g/mol. The van der Waals surface area contributed by atoms with E-state index in [4.69, 9.17) is 42.0 Å². The minimum atomic E-state index is -1.54. The number of aryl methyl sites for hydroxylation is 1. The van der Waals surface area contributed by atoms with Crippen molar-refractivity contribution in [2.45, 2.75) is 193 Å². The molecule has 0 saturated carbocycles. The van der Waals surface area contributed by atoms with Crippen LogP contribution >= 0.6 is 11.6 Å². The Balaban J connectivity index is 0.000000880. The molecule has 1 unspecified atom stereocenters. The number of aliphatic hydroxyl groups excluding tert-OH is 1. The normalized spacial score (nSPS) is 12.6. The standard InChI is InChI=1S/C53H70ClN5O12.C24H37N5O13/c1-9-36(31-39(60)23-26-44(50(68)71-52(6,7)8)58-47(65)32-48(66)70-51(3,4)5)49(67)57-34-41(62)25-28-46(64)56-33-40(61)24-27-45(63)55-29-30-69-59-53(37-15-11-10-12-16-37,38-21-19-35(2)20-22-38)42-17-13-14-18-43(42)54;25-42-8-7-26-19(34)5-2-16(32)11-27-20(35)6-3-17(33)12-28-23(39)14(13-30)9-15(31)1-4-18(24(40)41)29-21(36)10-22(37)38/h10-22,36,44,59H,9,23-34H2,1-8H3,(H,55,63)(H,56,64)(H,57,67)(H,58,65);14,18,30H,1-13,25H2,(H,26,34)(H,27,35)(H,28,39)(H,29,36)(H,37,38)(H,40,41)/t36-,44+,53?;14-,18-/m10/s1. The first-order chi connectivity index (χ1) is 53.2. The fourth-order valence-corrected chi connectivity index (χ4v) is 10.7. The SMILES string of the molecule is CC[C@H](CC(=O)CC[C@H](NC(=O)CC(=O)OC(C)(C)C)C(=O)OC(C)(C)C)C(=O)NCC(=O)CCC(=O)NCC(=O)CCC(=O)NCCONC(c1ccccc1)(c1ccc(C)cc1)c1ccccc1Cl.NOCCNC(=O)CCC(=O)CNC(=O)CCC(=O)CNC(=O)[C@H](CO)CC(=O)CC[C@H](NC(=O)CC(=O)O)C(=O)O. The number of aliphatic carboxylic acids is 2. The van der Waals surface area contributed by atoms with E-state index in [0.717, 1.165) is 22.3 Å². The molecule has 35 nitrogen and oxygen atoms in total. The Bertz CT molecular complexity index is 3750. The number of rotatable bonds is 53. The molecule has 0 aliphatic carbocycles. The van der Waals surface area contributed by atoms with Gasteiger partial charge in [0.2, 0.25) is 47.3 Å². The number of carbonyl (C=O) groups excluding carboxylic acids is 16. The predicted octanol–water partition coefficient (Wildman–Crippen LogP) is 2.15. The zero-order valence-electron chi connectivity index (χ0n) is 65.0. The fourth-order valence-electron chi connectivity index (χ4n) is 10.4. The maximum atomic E-state index is 13.0. The van der Waals surface area contributed by atoms with E-state index in [1.807, 2.05) is 91.1 Å². The highest BCUT2D eigenvalue weighted by molar-refractivity contribution is 6.31. The molecule has 3 aromatic rings. The minimum Gasteiger partial charge on any atom is -0.481 e. The lowest BCUT2D eigenvalue weighted by atomic mass is 9.77. The average molecular weight is 1610 g/mol. The number of hydrogen-bond acceptors (Lipinski definition) is 25. The molecule has 3 rings (SSSR count). The summed E-state index contributed by atoms with van der Waals surface area (Å²) >= 11 is 6.79. The number of carbonyl (C=O) groups is 18. The molecule has 36 heteroatoms. The van der Waals surface area contributed by atoms with Crippen molar-refractivity contribution in [2.75, 3.05) is 59.1 Å². The summed E-state index contributed by atoms with van der Waals surface area (Å²) in [7, 11) is 0. The van der Waals surface area contributed by atoms with Crippen LogP contribution in [0.25, 0.3) is 0 Å². The molecule has 0 aliphatic heterocycles. The maximum Gasteiger partial charge on any atom is 0.329 e. The number of amides is 8. The number of halogens is 1. The molecule has 0 saturated heterocycles. The summed E-state index contributed by atoms with van der Waals surface area (Å²) < 4.78 is 10.6. The van der Waals surface area contributed by atoms with Crippen molar-refractivity contribution >= 4 is 117 Å². The third kappa shape index (κ3) is 42.0. The number of ketones is 6. The van der Waals surface area contributed by atoms with Gasteiger partial charge in [-0.15, -0.1) is 0 Å². The number of hydroxylamine groups is 1. The molecule has 0 aliphatic rings. The molecule has 8 amide bonds. The molecule has 5 atom stereocenters. The Morgan fingerprint density at radius 1 is 0.469 bits per heavy atom. The predicted molar refractivity (Wildman–Crippen MR) is 405 cm³/mol. The second-order valence-corrected chi connectivity index (χ2v) is 28.5. The lowest BCUT2D eigenvalue weighted by molar-refractivity contribution is -0.161. The van der Waals surface area contributed by atoms with Crippen LogP contribution in [0.15, 0.2) is 78.9 Å². The molecular weight excluding hydrogens is 1500 g/mol. The van der Waals surface area contributed by atoms with E-state index in [1.54, 1.807) is 48.5 Å². The molecule has 14 N–H and O–H groups in total. The smallest absolute Gasteiger partial charge is 0.329 e. The van der Waals surface area contributed by atoms with Gasteiger partial charge in [0.05, 0.1) is 51.9 Å². The van der Waals surface area contributed by atoms with Crippen LogP contribution < -0.4 is 53.9 Å². The van der Waals surface area contributed by atoms with Gasteiger partial charge in [-0.2, -0.15) is 5.48 Å². The van der Waals surface area contributed by atoms with Crippen LogP contribution in [0.2, 0.25) is 5.02 Å². The van der Waals surface area contributed by atoms with E-state index in [1.165, 1.54) is 0 Å². The van der Waals surface area contributed by atoms with Crippen LogP contribution in [-0.2, 0) is 111 Å². The molecular formula is C77H107ClN10O25. The van der Waals surface area contributed by atoms with E-state index < -0.39 is 168 Å². The van der Waals surface area contributed by atoms with E-state index >= 15 is 0 Å². The summed E-state index contributed by atoms with van der Waals surface area (Å²) in [5, 5.41) is 46.9. The lowest BCUT2D eigenvalue weighted by Crippen LogP contribution is -2.45. The number of nitrogens with two attached hydrogens (primary N) is 1. The van der Waals surface area contributed by atoms with Gasteiger partial charge < -0.3 is 72.2 Å². The Kier molecular flexibility index (Phi) is 45.2. The Morgan fingerprint density at radius 2 is 0.894 bits per heavy atom. The highest BCUT2D eigenvalue weighted by atomic mass is 35.5. The van der Waals surface area contributed by atoms with Crippen molar-refractivity contribution in [3.63, 3.8) is 0 Å². The molecule has 113 heavy (non-hydrogen) atoms. The van der Waals surface area contributed by atoms with Crippen molar-refractivity contribution in [3.8, 4) is 0 Å². The zero-order chi connectivity index (χ0) is 84.9. The largest absolute Gasteiger partial charge is 0.481 e. The summed E-state index contributed by atoms with van der Waals surface area (Å²) in [6, 6.07) is 22.5. The van der Waals surface area contributed by atoms with Crippen molar-refractivity contribution < 1.29 is 121 Å². The summed E-state index contributed by atoms with van der Waals surface area (Å²) in [6.45, 7) is 11.7. The van der Waals surface area contributed by atoms with E-state index in [9.17, 15) is 91.4 Å². The van der Waals surface area contributed by atoms with Crippen LogP contribution in [0.1, 0.15) is 180 Å². The maximum absolute atomic E-state index is 13.0. The average Bonchev–Trinajstić information content (AvgIpc) is 0.749. The highest BCUT2D eigenvalue weighted by Crippen LogP contribution is 2.40. The van der Waals surface area contributed by atoms with Gasteiger partial charge in [0.1, 0.15) is 53.2 Å². The number of carboxylic acid groups (broad SMARTS) is 2. The molecule has 0 bridgehead atoms. The third-order valence-electron chi connectivity index (χ3n) is 16.2. The van der Waals surface area contributed by atoms with Crippen LogP contribution in [-0.4, -0.2) is 204 Å². The first kappa shape index (κ1) is 98.5. The van der Waals surface area contributed by atoms with Gasteiger partial charge in [0.15, 0.2) is 23.1 Å². The number of ether oxygens (including phenoxy) is 2. The molecule has 622 valence electrons. The molecule has 0 fully saturated rings. The molecule has 0 spiro atoms. The van der Waals surface area contributed by atoms with Gasteiger partial charge in [0.25, 0.3) is 0 Å². The van der Waals surface area contributed by atoms with Crippen molar-refractivity contribution in [2.24, 2.45) is 17.7 Å². The summed E-state index contributed by atoms with van der Waals surface area (Å²) in [5.74, 6) is -9.77. The number of aliphatic hydroxyl groups is 1. The van der Waals surface area contributed by atoms with Gasteiger partial charge in [-0.05, 0) is 84.9 Å². The van der Waals surface area contributed by atoms with Gasteiger partial charge in [-0.25, -0.2) is 15.5 Å². The number of Topliss-reactive ketones (excluding diaryl/α,β-unsaturated/α-hetero) is 6. The topological polar surface area (TPSA) is 539 Å². The molecule has 0 heterocycles. The second kappa shape index (κ2) is 51.9. The summed E-state index contributed by atoms with van der Waals surface area (Å²) in [5.41, 5.74) is 4.14. The zero-order valence-corrected chi connectivity index (χ0v) is 65.7. The van der Waals surface area contributed by atoms with Crippen LogP contribution in [0.5, 0.6) is 0 Å². The van der Waals surface area contributed by atoms with E-state index in [2.05, 4.69) is 47.5 Å². The third-order valence-corrected chi connectivity index (χ3v) is 16.5. The van der Waals surface area contributed by atoms with Crippen LogP contribution in [0.3, 0.4) is 0 Å². The minimum absolute atomic E-state index is 0.0752. The number of esters is 2. The van der Waals surface area contributed by atoms with Gasteiger partial charge in [0, 0.05) is 107 Å². The first-order valence-electron chi connectivity index (χ1n) is 36.6. The number of nitrogens with one attached hydrogen (secondary N) is 9. The van der Waals surface area contributed by atoms with Crippen molar-refractivity contribution in [1.29, 1.82) is 0 Å². The molecule has 0 aromatic heterocycles. The van der Waals surface area contributed by atoms with Crippen LogP contribution in [0, 0.1) is 18.8 Å². The van der Waals surface area contributed by atoms with E-state index in [0.29, 0.717) is 5.02 Å². The van der Waals surface area contributed by atoms with Gasteiger partial charge >= 0.3 is 23.9 Å². The highest BCUT2D eigenvalue weighted by Gasteiger charge is 2.39. The van der Waals surface area contributed by atoms with E-state index in [-0.39, 0.29) is 146 Å². The molecule has 3 aromatic carbocycles. The Labute approximate surface area is 659 Å². The number of hydrogen-bond donors (Lipinski definition) is 13. The first-order valence-corrected chi connectivity index (χ1v) is 37.0. The lowest BCUT2D eigenvalue weighted by Gasteiger charge is -2.37. The van der Waals surface area contributed by atoms with Gasteiger partial charge in [-0.1, -0.05) is 96.9 Å². The second-order valence-electron chi connectivity index (χ2n) is 28.1. The Hall–Kier alpha value is -10.6. The quantitative estimate of drug-likeness (QED) is 0.0127. The fraction of sp³-hybridized carbons (Fsp3) is 0.532. The number of benzene rings is 3. The van der Waals surface area contributed by atoms with Crippen molar-refractivity contribution in [1.82, 2.24) is 48.0 Å². The molecule has 0 radical (unpaired) electrons. The van der Waals surface area contributed by atoms with Crippen LogP contribution in [0.4, 0.5) is 0 Å². The number of carboxylic acids is 2. The summed E-state index contributed by atoms with van der Waals surface area (Å²) in [6.07, 6.45) is -4.66. The van der Waals surface area contributed by atoms with Gasteiger partial charge in [-0.3, -0.25) is 81.6 Å².